The average Bonchev–Trinajstić information content (AvgIpc) is 2.73. The largest absolute Gasteiger partial charge is 0.495 e. The van der Waals surface area contributed by atoms with Gasteiger partial charge in [-0.2, -0.15) is 4.31 Å². The summed E-state index contributed by atoms with van der Waals surface area (Å²) in [4.78, 5) is 12.6. The number of carbonyl (C=O) groups is 1. The quantitative estimate of drug-likeness (QED) is 0.615. The van der Waals surface area contributed by atoms with Crippen LogP contribution in [0.2, 0.25) is 0 Å². The normalized spacial score (nSPS) is 12.6. The summed E-state index contributed by atoms with van der Waals surface area (Å²) < 4.78 is 32.2. The third-order valence-corrected chi connectivity index (χ3v) is 6.82. The zero-order valence-electron chi connectivity index (χ0n) is 17.4. The predicted molar refractivity (Wildman–Crippen MR) is 113 cm³/mol. The van der Waals surface area contributed by atoms with Crippen molar-refractivity contribution in [1.82, 2.24) is 4.31 Å². The minimum Gasteiger partial charge on any atom is -0.495 e. The van der Waals surface area contributed by atoms with Crippen LogP contribution in [0.1, 0.15) is 32.4 Å². The Hall–Kier alpha value is -2.42. The molecule has 3 N–H and O–H groups in total. The van der Waals surface area contributed by atoms with Crippen molar-refractivity contribution >= 4 is 21.6 Å². The Morgan fingerprint density at radius 3 is 2.38 bits per heavy atom. The summed E-state index contributed by atoms with van der Waals surface area (Å²) in [6.45, 7) is 6.55. The van der Waals surface area contributed by atoms with Gasteiger partial charge < -0.3 is 15.4 Å². The molecule has 2 aromatic carbocycles. The number of benzene rings is 2. The maximum Gasteiger partial charge on any atom is 0.279 e. The molecule has 2 rings (SSSR count). The Morgan fingerprint density at radius 2 is 1.79 bits per heavy atom. The molecule has 2 aromatic rings. The number of methoxy groups -OCH3 is 1. The van der Waals surface area contributed by atoms with Crippen LogP contribution in [0.3, 0.4) is 0 Å². The Kier molecular flexibility index (Phi) is 8.19. The van der Waals surface area contributed by atoms with E-state index in [4.69, 9.17) is 4.74 Å². The minimum atomic E-state index is -3.63. The first-order valence-electron chi connectivity index (χ1n) is 9.69. The lowest BCUT2D eigenvalue weighted by Crippen LogP contribution is -2.86. The number of nitrogens with two attached hydrogens (primary N) is 1. The number of hydrogen-bond acceptors (Lipinski definition) is 4. The Bertz CT molecular complexity index is 913. The van der Waals surface area contributed by atoms with E-state index < -0.39 is 10.0 Å². The first-order valence-corrected chi connectivity index (χ1v) is 11.1. The molecule has 0 heterocycles. The first-order chi connectivity index (χ1) is 13.8. The molecule has 1 amide bonds. The Labute approximate surface area is 173 Å². The molecule has 29 heavy (non-hydrogen) atoms. The molecule has 0 aliphatic rings. The van der Waals surface area contributed by atoms with Crippen LogP contribution in [-0.2, 0) is 14.8 Å². The highest BCUT2D eigenvalue weighted by Gasteiger charge is 2.23. The van der Waals surface area contributed by atoms with Crippen LogP contribution in [0, 0.1) is 0 Å². The molecule has 0 aliphatic heterocycles. The Balaban J connectivity index is 2.13. The van der Waals surface area contributed by atoms with Gasteiger partial charge >= 0.3 is 0 Å². The number of ether oxygens (including phenoxy) is 1. The van der Waals surface area contributed by atoms with Crippen molar-refractivity contribution in [3.8, 4) is 5.75 Å². The van der Waals surface area contributed by atoms with Crippen molar-refractivity contribution in [2.24, 2.45) is 0 Å². The molecular formula is C21H30N3O4S+. The van der Waals surface area contributed by atoms with Gasteiger partial charge in [0.25, 0.3) is 5.91 Å². The van der Waals surface area contributed by atoms with Crippen molar-refractivity contribution < 1.29 is 23.3 Å². The van der Waals surface area contributed by atoms with Gasteiger partial charge in [0.1, 0.15) is 11.8 Å². The monoisotopic (exact) mass is 420 g/mol. The molecule has 8 heteroatoms. The van der Waals surface area contributed by atoms with Crippen molar-refractivity contribution in [2.45, 2.75) is 31.7 Å². The SMILES string of the molecule is CCN(CC)S(=O)(=O)c1ccc(OC)c(NC(=O)C[NH2+][C@@H](C)c2ccccc2)c1. The number of hydrogen-bond donors (Lipinski definition) is 2. The maximum atomic E-state index is 12.8. The molecule has 0 saturated heterocycles. The van der Waals surface area contributed by atoms with E-state index in [1.807, 2.05) is 42.6 Å². The lowest BCUT2D eigenvalue weighted by atomic mass is 10.1. The number of quaternary nitrogens is 1. The van der Waals surface area contributed by atoms with E-state index in [0.29, 0.717) is 24.5 Å². The molecule has 0 spiro atoms. The van der Waals surface area contributed by atoms with E-state index in [0.717, 1.165) is 5.56 Å². The van der Waals surface area contributed by atoms with Crippen LogP contribution in [-0.4, -0.2) is 45.4 Å². The van der Waals surface area contributed by atoms with Crippen molar-refractivity contribution in [2.75, 3.05) is 32.1 Å². The zero-order valence-corrected chi connectivity index (χ0v) is 18.2. The van der Waals surface area contributed by atoms with Crippen LogP contribution in [0.25, 0.3) is 0 Å². The van der Waals surface area contributed by atoms with Crippen molar-refractivity contribution in [1.29, 1.82) is 0 Å². The minimum absolute atomic E-state index is 0.123. The number of carbonyl (C=O) groups excluding carboxylic acids is 1. The topological polar surface area (TPSA) is 92.3 Å². The number of amides is 1. The number of nitrogens with one attached hydrogen (secondary N) is 1. The summed E-state index contributed by atoms with van der Waals surface area (Å²) in [5.41, 5.74) is 1.47. The van der Waals surface area contributed by atoms with E-state index >= 15 is 0 Å². The second-order valence-electron chi connectivity index (χ2n) is 6.64. The molecular weight excluding hydrogens is 390 g/mol. The van der Waals surface area contributed by atoms with Gasteiger partial charge in [-0.25, -0.2) is 8.42 Å². The number of sulfonamides is 1. The van der Waals surface area contributed by atoms with E-state index in [-0.39, 0.29) is 23.4 Å². The van der Waals surface area contributed by atoms with Gasteiger partial charge in [-0.1, -0.05) is 44.2 Å². The number of nitrogens with zero attached hydrogens (tertiary/aromatic N) is 1. The van der Waals surface area contributed by atoms with Gasteiger partial charge in [0.2, 0.25) is 10.0 Å². The number of anilines is 1. The summed E-state index contributed by atoms with van der Waals surface area (Å²) in [5.74, 6) is 0.177. The lowest BCUT2D eigenvalue weighted by molar-refractivity contribution is -0.682. The van der Waals surface area contributed by atoms with Crippen molar-refractivity contribution in [3.63, 3.8) is 0 Å². The van der Waals surface area contributed by atoms with Crippen molar-refractivity contribution in [3.05, 3.63) is 54.1 Å². The third kappa shape index (κ3) is 5.79. The molecule has 1 atom stereocenters. The molecule has 0 saturated carbocycles. The summed E-state index contributed by atoms with van der Waals surface area (Å²) in [5, 5.41) is 4.70. The van der Waals surface area contributed by atoms with Gasteiger partial charge in [0.15, 0.2) is 6.54 Å². The van der Waals surface area contributed by atoms with Gasteiger partial charge in [-0.3, -0.25) is 4.79 Å². The number of rotatable bonds is 10. The van der Waals surface area contributed by atoms with Gasteiger partial charge in [-0.15, -0.1) is 0 Å². The fourth-order valence-electron chi connectivity index (χ4n) is 3.04. The highest BCUT2D eigenvalue weighted by atomic mass is 32.2. The van der Waals surface area contributed by atoms with E-state index in [1.165, 1.54) is 23.5 Å². The van der Waals surface area contributed by atoms with E-state index in [1.54, 1.807) is 19.9 Å². The summed E-state index contributed by atoms with van der Waals surface area (Å²) in [7, 11) is -2.15. The highest BCUT2D eigenvalue weighted by molar-refractivity contribution is 7.89. The van der Waals surface area contributed by atoms with E-state index in [9.17, 15) is 13.2 Å². The highest BCUT2D eigenvalue weighted by Crippen LogP contribution is 2.28. The molecule has 0 aromatic heterocycles. The molecule has 0 fully saturated rings. The fourth-order valence-corrected chi connectivity index (χ4v) is 4.52. The standard InChI is InChI=1S/C21H29N3O4S/c1-5-24(6-2)29(26,27)18-12-13-20(28-4)19(14-18)23-21(25)15-22-16(3)17-10-8-7-9-11-17/h7-14,16,22H,5-6,15H2,1-4H3,(H,23,25)/p+1/t16-/m0/s1. The second-order valence-corrected chi connectivity index (χ2v) is 8.58. The van der Waals surface area contributed by atoms with Crippen LogP contribution in [0.15, 0.2) is 53.4 Å². The third-order valence-electron chi connectivity index (χ3n) is 4.77. The molecule has 0 radical (unpaired) electrons. The van der Waals surface area contributed by atoms with E-state index in [2.05, 4.69) is 5.32 Å². The molecule has 0 aliphatic carbocycles. The van der Waals surface area contributed by atoms with Gasteiger partial charge in [0.05, 0.1) is 17.7 Å². The van der Waals surface area contributed by atoms with Crippen LogP contribution in [0.4, 0.5) is 5.69 Å². The van der Waals surface area contributed by atoms with Crippen LogP contribution in [0.5, 0.6) is 5.75 Å². The molecule has 7 nitrogen and oxygen atoms in total. The summed E-state index contributed by atoms with van der Waals surface area (Å²) in [6.07, 6.45) is 0. The van der Waals surface area contributed by atoms with Crippen LogP contribution >= 0.6 is 0 Å². The Morgan fingerprint density at radius 1 is 1.14 bits per heavy atom. The average molecular weight is 421 g/mol. The smallest absolute Gasteiger partial charge is 0.279 e. The predicted octanol–water partition coefficient (Wildman–Crippen LogP) is 1.99. The first kappa shape index (κ1) is 22.9. The van der Waals surface area contributed by atoms with Gasteiger partial charge in [0, 0.05) is 18.7 Å². The van der Waals surface area contributed by atoms with Crippen LogP contribution < -0.4 is 15.4 Å². The molecule has 158 valence electrons. The molecule has 0 unspecified atom stereocenters. The second kappa shape index (κ2) is 10.4. The zero-order chi connectivity index (χ0) is 21.4. The fraction of sp³-hybridized carbons (Fsp3) is 0.381. The maximum absolute atomic E-state index is 12.8. The summed E-state index contributed by atoms with van der Waals surface area (Å²) in [6, 6.07) is 14.5. The molecule has 0 bridgehead atoms. The van der Waals surface area contributed by atoms with Gasteiger partial charge in [-0.05, 0) is 25.1 Å². The lowest BCUT2D eigenvalue weighted by Gasteiger charge is -2.19. The summed E-state index contributed by atoms with van der Waals surface area (Å²) >= 11 is 0.